The Hall–Kier alpha value is -0.340. The predicted molar refractivity (Wildman–Crippen MR) is 67.4 cm³/mol. The number of hydrogen-bond donors (Lipinski definition) is 0. The third-order valence-corrected chi connectivity index (χ3v) is 2.86. The normalized spacial score (nSPS) is 24.3. The Balaban J connectivity index is 2.01. The van der Waals surface area contributed by atoms with Crippen LogP contribution in [0.5, 0.6) is 0 Å². The summed E-state index contributed by atoms with van der Waals surface area (Å²) in [5.74, 6) is -0.393. The topological polar surface area (TPSA) is 18.5 Å². The summed E-state index contributed by atoms with van der Waals surface area (Å²) in [5.41, 5.74) is 0. The zero-order valence-electron chi connectivity index (χ0n) is 11.0. The van der Waals surface area contributed by atoms with E-state index in [0.29, 0.717) is 6.61 Å². The molecule has 0 aliphatic carbocycles. The van der Waals surface area contributed by atoms with Gasteiger partial charge in [-0.25, -0.2) is 0 Å². The Morgan fingerprint density at radius 3 is 2.56 bits per heavy atom. The molecule has 0 spiro atoms. The van der Waals surface area contributed by atoms with E-state index in [9.17, 15) is 0 Å². The molecule has 16 heavy (non-hydrogen) atoms. The van der Waals surface area contributed by atoms with E-state index in [2.05, 4.69) is 19.1 Å². The van der Waals surface area contributed by atoms with Gasteiger partial charge in [-0.3, -0.25) is 0 Å². The molecule has 0 aromatic carbocycles. The smallest absolute Gasteiger partial charge is 0.163 e. The van der Waals surface area contributed by atoms with Crippen LogP contribution in [0.15, 0.2) is 12.2 Å². The van der Waals surface area contributed by atoms with Crippen LogP contribution in [0.3, 0.4) is 0 Å². The first-order valence-corrected chi connectivity index (χ1v) is 6.62. The van der Waals surface area contributed by atoms with Crippen molar-refractivity contribution >= 4 is 0 Å². The van der Waals surface area contributed by atoms with Gasteiger partial charge >= 0.3 is 0 Å². The monoisotopic (exact) mass is 226 g/mol. The molecule has 0 N–H and O–H groups in total. The summed E-state index contributed by atoms with van der Waals surface area (Å²) in [4.78, 5) is 0. The Morgan fingerprint density at radius 2 is 1.94 bits per heavy atom. The molecule has 1 aliphatic rings. The number of rotatable bonds is 7. The second kappa shape index (κ2) is 7.08. The summed E-state index contributed by atoms with van der Waals surface area (Å²) < 4.78 is 11.2. The lowest BCUT2D eigenvalue weighted by Gasteiger charge is -2.15. The first-order valence-electron chi connectivity index (χ1n) is 6.62. The third-order valence-electron chi connectivity index (χ3n) is 2.86. The summed E-state index contributed by atoms with van der Waals surface area (Å²) in [6.07, 6.45) is 12.4. The molecule has 0 saturated carbocycles. The van der Waals surface area contributed by atoms with Crippen LogP contribution in [0.2, 0.25) is 0 Å². The lowest BCUT2D eigenvalue weighted by molar-refractivity contribution is -0.133. The van der Waals surface area contributed by atoms with E-state index in [4.69, 9.17) is 9.47 Å². The number of unbranched alkanes of at least 4 members (excludes halogenated alkanes) is 5. The van der Waals surface area contributed by atoms with Crippen molar-refractivity contribution in [1.82, 2.24) is 0 Å². The fraction of sp³-hybridized carbons (Fsp3) is 0.857. The van der Waals surface area contributed by atoms with E-state index in [-0.39, 0.29) is 6.10 Å². The first kappa shape index (κ1) is 13.7. The molecule has 1 aliphatic heterocycles. The molecule has 0 aromatic rings. The average molecular weight is 226 g/mol. The fourth-order valence-corrected chi connectivity index (χ4v) is 1.92. The van der Waals surface area contributed by atoms with Crippen LogP contribution in [0.25, 0.3) is 0 Å². The minimum atomic E-state index is -0.393. The van der Waals surface area contributed by atoms with Crippen LogP contribution in [0, 0.1) is 0 Å². The maximum atomic E-state index is 5.68. The van der Waals surface area contributed by atoms with Crippen molar-refractivity contribution in [3.8, 4) is 0 Å². The van der Waals surface area contributed by atoms with Gasteiger partial charge in [0.15, 0.2) is 5.79 Å². The summed E-state index contributed by atoms with van der Waals surface area (Å²) in [5, 5.41) is 0. The average Bonchev–Trinajstić information content (AvgIpc) is 2.57. The minimum absolute atomic E-state index is 0.158. The Morgan fingerprint density at radius 1 is 1.19 bits per heavy atom. The van der Waals surface area contributed by atoms with Crippen molar-refractivity contribution in [2.75, 3.05) is 6.61 Å². The highest BCUT2D eigenvalue weighted by Crippen LogP contribution is 2.22. The van der Waals surface area contributed by atoms with Crippen LogP contribution >= 0.6 is 0 Å². The molecule has 2 heteroatoms. The molecule has 0 aromatic heterocycles. The molecule has 1 saturated heterocycles. The lowest BCUT2D eigenvalue weighted by atomic mass is 10.1. The fourth-order valence-electron chi connectivity index (χ4n) is 1.92. The second-order valence-electron chi connectivity index (χ2n) is 5.00. The largest absolute Gasteiger partial charge is 0.347 e. The highest BCUT2D eigenvalue weighted by Gasteiger charge is 2.30. The Bertz CT molecular complexity index is 209. The van der Waals surface area contributed by atoms with E-state index < -0.39 is 5.79 Å². The molecule has 0 radical (unpaired) electrons. The van der Waals surface area contributed by atoms with E-state index in [0.717, 1.165) is 0 Å². The molecule has 1 heterocycles. The summed E-state index contributed by atoms with van der Waals surface area (Å²) in [7, 11) is 0. The van der Waals surface area contributed by atoms with E-state index >= 15 is 0 Å². The van der Waals surface area contributed by atoms with E-state index in [1.807, 2.05) is 13.8 Å². The van der Waals surface area contributed by atoms with Crippen molar-refractivity contribution in [1.29, 1.82) is 0 Å². The van der Waals surface area contributed by atoms with Gasteiger partial charge in [0.05, 0.1) is 6.61 Å². The van der Waals surface area contributed by atoms with Crippen molar-refractivity contribution in [3.63, 3.8) is 0 Å². The highest BCUT2D eigenvalue weighted by molar-refractivity contribution is 4.92. The van der Waals surface area contributed by atoms with E-state index in [1.165, 1.54) is 38.5 Å². The molecule has 0 amide bonds. The standard InChI is InChI=1S/C14H26O2/c1-4-5-6-7-8-9-10-11-13-12-15-14(2,3)16-13/h10-11,13H,4-9,12H2,1-3H3/b11-10-/t13-/m1/s1. The second-order valence-corrected chi connectivity index (χ2v) is 5.00. The molecule has 0 unspecified atom stereocenters. The van der Waals surface area contributed by atoms with Gasteiger partial charge < -0.3 is 9.47 Å². The number of hydrogen-bond acceptors (Lipinski definition) is 2. The molecule has 1 rings (SSSR count). The predicted octanol–water partition coefficient (Wildman–Crippen LogP) is 4.05. The molecular weight excluding hydrogens is 200 g/mol. The molecule has 2 nitrogen and oxygen atoms in total. The van der Waals surface area contributed by atoms with Gasteiger partial charge in [0.25, 0.3) is 0 Å². The van der Waals surface area contributed by atoms with E-state index in [1.54, 1.807) is 0 Å². The van der Waals surface area contributed by atoms with Crippen molar-refractivity contribution in [2.24, 2.45) is 0 Å². The van der Waals surface area contributed by atoms with Gasteiger partial charge in [-0.15, -0.1) is 0 Å². The van der Waals surface area contributed by atoms with Crippen LogP contribution in [-0.2, 0) is 9.47 Å². The molecule has 1 atom stereocenters. The summed E-state index contributed by atoms with van der Waals surface area (Å²) in [6, 6.07) is 0. The maximum Gasteiger partial charge on any atom is 0.163 e. The Labute approximate surface area is 100 Å². The minimum Gasteiger partial charge on any atom is -0.347 e. The number of ether oxygens (including phenoxy) is 2. The van der Waals surface area contributed by atoms with Crippen LogP contribution in [0.4, 0.5) is 0 Å². The van der Waals surface area contributed by atoms with Gasteiger partial charge in [0.1, 0.15) is 6.10 Å². The third kappa shape index (κ3) is 5.66. The van der Waals surface area contributed by atoms with Crippen molar-refractivity contribution in [2.45, 2.75) is 71.2 Å². The first-order chi connectivity index (χ1) is 7.64. The Kier molecular flexibility index (Phi) is 6.07. The molecule has 1 fully saturated rings. The molecular formula is C14H26O2. The van der Waals surface area contributed by atoms with Crippen LogP contribution in [0.1, 0.15) is 59.3 Å². The highest BCUT2D eigenvalue weighted by atomic mass is 16.7. The number of allylic oxidation sites excluding steroid dienone is 1. The van der Waals surface area contributed by atoms with Crippen LogP contribution < -0.4 is 0 Å². The maximum absolute atomic E-state index is 5.68. The van der Waals surface area contributed by atoms with Gasteiger partial charge in [-0.2, -0.15) is 0 Å². The lowest BCUT2D eigenvalue weighted by Crippen LogP contribution is -2.20. The molecule has 94 valence electrons. The van der Waals surface area contributed by atoms with Gasteiger partial charge in [-0.05, 0) is 26.7 Å². The summed E-state index contributed by atoms with van der Waals surface area (Å²) in [6.45, 7) is 6.87. The van der Waals surface area contributed by atoms with Crippen molar-refractivity contribution in [3.05, 3.63) is 12.2 Å². The van der Waals surface area contributed by atoms with Crippen LogP contribution in [-0.4, -0.2) is 18.5 Å². The van der Waals surface area contributed by atoms with Crippen molar-refractivity contribution < 1.29 is 9.47 Å². The van der Waals surface area contributed by atoms with Gasteiger partial charge in [0, 0.05) is 0 Å². The zero-order chi connectivity index (χ0) is 11.9. The quantitative estimate of drug-likeness (QED) is 0.481. The van der Waals surface area contributed by atoms with Gasteiger partial charge in [-0.1, -0.05) is 44.8 Å². The summed E-state index contributed by atoms with van der Waals surface area (Å²) >= 11 is 0. The molecule has 0 bridgehead atoms. The van der Waals surface area contributed by atoms with Gasteiger partial charge in [0.2, 0.25) is 0 Å². The zero-order valence-corrected chi connectivity index (χ0v) is 11.0. The SMILES string of the molecule is CCCCCCC/C=C\[C@@H]1COC(C)(C)O1.